The van der Waals surface area contributed by atoms with Gasteiger partial charge < -0.3 is 10.6 Å². The first-order valence-corrected chi connectivity index (χ1v) is 12.2. The molecule has 1 atom stereocenters. The van der Waals surface area contributed by atoms with Crippen LogP contribution in [0.1, 0.15) is 12.5 Å². The van der Waals surface area contributed by atoms with E-state index in [1.807, 2.05) is 6.92 Å². The standard InChI is InChI=1S/C23H20F4N6O3S/c1-13-3-5-15(6-4-13)37(35,36)33-10-8-17-16(7-9-28-21(17)33)19-29-11-18(24)20(32-19)31-14(2)22(34)30-12-23(25,26)27/h3-11,14H,12H2,1-2H3,(H,30,34)(H,29,31,32)/t14-/m0/s1. The maximum absolute atomic E-state index is 14.4. The second-order valence-electron chi connectivity index (χ2n) is 8.11. The monoisotopic (exact) mass is 536 g/mol. The van der Waals surface area contributed by atoms with Crippen LogP contribution in [0.15, 0.2) is 59.9 Å². The molecule has 9 nitrogen and oxygen atoms in total. The minimum Gasteiger partial charge on any atom is -0.356 e. The van der Waals surface area contributed by atoms with Crippen molar-refractivity contribution in [2.75, 3.05) is 11.9 Å². The van der Waals surface area contributed by atoms with E-state index in [0.717, 1.165) is 15.7 Å². The van der Waals surface area contributed by atoms with Crippen molar-refractivity contribution in [1.82, 2.24) is 24.2 Å². The van der Waals surface area contributed by atoms with Crippen LogP contribution in [0.4, 0.5) is 23.4 Å². The van der Waals surface area contributed by atoms with Crippen LogP contribution in [-0.2, 0) is 14.8 Å². The average molecular weight is 537 g/mol. The zero-order chi connectivity index (χ0) is 27.0. The first-order valence-electron chi connectivity index (χ1n) is 10.8. The molecule has 0 radical (unpaired) electrons. The number of carbonyl (C=O) groups is 1. The average Bonchev–Trinajstić information content (AvgIpc) is 3.29. The predicted octanol–water partition coefficient (Wildman–Crippen LogP) is 3.66. The maximum Gasteiger partial charge on any atom is 0.405 e. The van der Waals surface area contributed by atoms with E-state index in [1.54, 1.807) is 17.4 Å². The number of nitrogens with one attached hydrogen (secondary N) is 2. The molecule has 1 amide bonds. The van der Waals surface area contributed by atoms with Crippen LogP contribution in [-0.4, -0.2) is 52.0 Å². The number of anilines is 1. The molecule has 0 aliphatic heterocycles. The molecule has 0 saturated carbocycles. The van der Waals surface area contributed by atoms with Gasteiger partial charge in [-0.25, -0.2) is 31.7 Å². The van der Waals surface area contributed by atoms with Gasteiger partial charge in [0.2, 0.25) is 5.91 Å². The van der Waals surface area contributed by atoms with Gasteiger partial charge in [0.25, 0.3) is 10.0 Å². The predicted molar refractivity (Wildman–Crippen MR) is 127 cm³/mol. The first-order chi connectivity index (χ1) is 17.4. The van der Waals surface area contributed by atoms with Gasteiger partial charge in [0, 0.05) is 23.3 Å². The second-order valence-corrected chi connectivity index (χ2v) is 9.93. The molecule has 4 aromatic rings. The van der Waals surface area contributed by atoms with Crippen molar-refractivity contribution >= 4 is 32.8 Å². The van der Waals surface area contributed by atoms with Crippen molar-refractivity contribution in [1.29, 1.82) is 0 Å². The lowest BCUT2D eigenvalue weighted by molar-refractivity contribution is -0.138. The smallest absolute Gasteiger partial charge is 0.356 e. The summed E-state index contributed by atoms with van der Waals surface area (Å²) in [4.78, 5) is 24.2. The molecule has 0 spiro atoms. The van der Waals surface area contributed by atoms with Crippen molar-refractivity contribution in [3.63, 3.8) is 0 Å². The van der Waals surface area contributed by atoms with E-state index < -0.39 is 46.3 Å². The number of nitrogens with zero attached hydrogens (tertiary/aromatic N) is 4. The van der Waals surface area contributed by atoms with E-state index in [1.165, 1.54) is 43.6 Å². The molecule has 14 heteroatoms. The Balaban J connectivity index is 1.67. The number of amides is 1. The van der Waals surface area contributed by atoms with E-state index in [2.05, 4.69) is 20.3 Å². The summed E-state index contributed by atoms with van der Waals surface area (Å²) in [5, 5.41) is 4.50. The van der Waals surface area contributed by atoms with Crippen LogP contribution in [0.5, 0.6) is 0 Å². The lowest BCUT2D eigenvalue weighted by Crippen LogP contribution is -2.42. The Kier molecular flexibility index (Phi) is 6.86. The zero-order valence-electron chi connectivity index (χ0n) is 19.4. The Morgan fingerprint density at radius 1 is 1.11 bits per heavy atom. The molecule has 0 aliphatic carbocycles. The highest BCUT2D eigenvalue weighted by Gasteiger charge is 2.29. The molecule has 4 rings (SSSR count). The molecule has 3 aromatic heterocycles. The fraction of sp³-hybridized carbons (Fsp3) is 0.217. The van der Waals surface area contributed by atoms with Gasteiger partial charge in [-0.3, -0.25) is 4.79 Å². The largest absolute Gasteiger partial charge is 0.405 e. The molecular weight excluding hydrogens is 516 g/mol. The van der Waals surface area contributed by atoms with Gasteiger partial charge in [0.05, 0.1) is 11.1 Å². The zero-order valence-corrected chi connectivity index (χ0v) is 20.2. The Morgan fingerprint density at radius 2 is 1.81 bits per heavy atom. The highest BCUT2D eigenvalue weighted by atomic mass is 32.2. The van der Waals surface area contributed by atoms with Crippen molar-refractivity contribution in [2.24, 2.45) is 0 Å². The summed E-state index contributed by atoms with van der Waals surface area (Å²) in [6.07, 6.45) is -1.10. The number of rotatable bonds is 7. The summed E-state index contributed by atoms with van der Waals surface area (Å²) in [6, 6.07) is 8.04. The third-order valence-electron chi connectivity index (χ3n) is 5.33. The number of halogens is 4. The van der Waals surface area contributed by atoms with Crippen LogP contribution in [0, 0.1) is 12.7 Å². The summed E-state index contributed by atoms with van der Waals surface area (Å²) in [7, 11) is -3.98. The van der Waals surface area contributed by atoms with E-state index in [0.29, 0.717) is 10.9 Å². The van der Waals surface area contributed by atoms with Crippen molar-refractivity contribution in [2.45, 2.75) is 31.0 Å². The van der Waals surface area contributed by atoms with Crippen LogP contribution in [0.25, 0.3) is 22.4 Å². The van der Waals surface area contributed by atoms with Crippen molar-refractivity contribution in [3.8, 4) is 11.4 Å². The number of aromatic nitrogens is 4. The summed E-state index contributed by atoms with van der Waals surface area (Å²) in [6.45, 7) is 1.54. The van der Waals surface area contributed by atoms with Gasteiger partial charge in [-0.1, -0.05) is 17.7 Å². The van der Waals surface area contributed by atoms with Gasteiger partial charge in [-0.15, -0.1) is 0 Å². The SMILES string of the molecule is Cc1ccc(S(=O)(=O)n2ccc3c(-c4ncc(F)c(N[C@@H](C)C(=O)NCC(F)(F)F)n4)ccnc32)cc1. The molecule has 0 saturated heterocycles. The third kappa shape index (κ3) is 5.53. The first kappa shape index (κ1) is 26.0. The van der Waals surface area contributed by atoms with Crippen molar-refractivity contribution < 1.29 is 30.8 Å². The van der Waals surface area contributed by atoms with Gasteiger partial charge in [0.15, 0.2) is 23.1 Å². The Bertz CT molecular complexity index is 1570. The summed E-state index contributed by atoms with van der Waals surface area (Å²) in [5.74, 6) is -2.40. The number of alkyl halides is 3. The minimum atomic E-state index is -4.60. The normalized spacial score (nSPS) is 12.9. The molecular formula is C23H20F4N6O3S. The van der Waals surface area contributed by atoms with Crippen LogP contribution in [0.2, 0.25) is 0 Å². The number of aryl methyl sites for hydroxylation is 1. The summed E-state index contributed by atoms with van der Waals surface area (Å²) >= 11 is 0. The van der Waals surface area contributed by atoms with Gasteiger partial charge in [0.1, 0.15) is 12.6 Å². The molecule has 0 aliphatic rings. The fourth-order valence-electron chi connectivity index (χ4n) is 3.44. The molecule has 3 heterocycles. The number of carbonyl (C=O) groups excluding carboxylic acids is 1. The molecule has 194 valence electrons. The molecule has 37 heavy (non-hydrogen) atoms. The summed E-state index contributed by atoms with van der Waals surface area (Å²) < 4.78 is 78.9. The molecule has 0 unspecified atom stereocenters. The lowest BCUT2D eigenvalue weighted by atomic mass is 10.2. The van der Waals surface area contributed by atoms with Crippen LogP contribution >= 0.6 is 0 Å². The lowest BCUT2D eigenvalue weighted by Gasteiger charge is -2.16. The van der Waals surface area contributed by atoms with Crippen molar-refractivity contribution in [3.05, 3.63) is 66.4 Å². The van der Waals surface area contributed by atoms with E-state index in [-0.39, 0.29) is 16.4 Å². The summed E-state index contributed by atoms with van der Waals surface area (Å²) in [5.41, 5.74) is 1.29. The minimum absolute atomic E-state index is 0.0234. The number of hydrogen-bond acceptors (Lipinski definition) is 7. The Hall–Kier alpha value is -4.07. The Morgan fingerprint density at radius 3 is 2.49 bits per heavy atom. The number of hydrogen-bond donors (Lipinski definition) is 2. The maximum atomic E-state index is 14.4. The number of fused-ring (bicyclic) bond motifs is 1. The second kappa shape index (κ2) is 9.76. The van der Waals surface area contributed by atoms with Crippen LogP contribution in [0.3, 0.4) is 0 Å². The molecule has 0 bridgehead atoms. The van der Waals surface area contributed by atoms with Crippen LogP contribution < -0.4 is 10.6 Å². The van der Waals surface area contributed by atoms with E-state index in [9.17, 15) is 30.8 Å². The fourth-order valence-corrected chi connectivity index (χ4v) is 4.74. The number of pyridine rings is 1. The molecule has 2 N–H and O–H groups in total. The molecule has 0 fully saturated rings. The quantitative estimate of drug-likeness (QED) is 0.346. The van der Waals surface area contributed by atoms with Gasteiger partial charge in [-0.2, -0.15) is 13.2 Å². The highest BCUT2D eigenvalue weighted by molar-refractivity contribution is 7.90. The topological polar surface area (TPSA) is 119 Å². The van der Waals surface area contributed by atoms with E-state index >= 15 is 0 Å². The van der Waals surface area contributed by atoms with Gasteiger partial charge >= 0.3 is 6.18 Å². The number of benzene rings is 1. The third-order valence-corrected chi connectivity index (χ3v) is 7.01. The molecule has 1 aromatic carbocycles. The highest BCUT2D eigenvalue weighted by Crippen LogP contribution is 2.29. The van der Waals surface area contributed by atoms with Gasteiger partial charge in [-0.05, 0) is 38.1 Å². The Labute approximate surface area is 208 Å². The van der Waals surface area contributed by atoms with E-state index in [4.69, 9.17) is 0 Å².